The highest BCUT2D eigenvalue weighted by molar-refractivity contribution is 6.76. The van der Waals surface area contributed by atoms with Crippen LogP contribution >= 0.6 is 0 Å². The first-order chi connectivity index (χ1) is 9.42. The molecule has 5 heteroatoms. The second kappa shape index (κ2) is 5.78. The van der Waals surface area contributed by atoms with Crippen LogP contribution in [0.2, 0.25) is 25.7 Å². The van der Waals surface area contributed by atoms with Crippen molar-refractivity contribution in [3.05, 3.63) is 29.5 Å². The van der Waals surface area contributed by atoms with Gasteiger partial charge in [0.05, 0.1) is 5.52 Å². The lowest BCUT2D eigenvalue weighted by Crippen LogP contribution is -2.22. The molecule has 0 spiro atoms. The summed E-state index contributed by atoms with van der Waals surface area (Å²) in [6.45, 7) is 10.2. The fraction of sp³-hybridized carbons (Fsp3) is 0.467. The Kier molecular flexibility index (Phi) is 4.26. The average Bonchev–Trinajstić information content (AvgIpc) is 2.73. The summed E-state index contributed by atoms with van der Waals surface area (Å²) in [5, 5.41) is 14.4. The third kappa shape index (κ3) is 3.27. The minimum Gasteiger partial charge on any atom is -0.360 e. The lowest BCUT2D eigenvalue weighted by Gasteiger charge is -2.15. The fourth-order valence-corrected chi connectivity index (χ4v) is 2.88. The third-order valence-corrected chi connectivity index (χ3v) is 4.99. The Hall–Kier alpha value is -1.64. The van der Waals surface area contributed by atoms with Crippen molar-refractivity contribution in [2.75, 3.05) is 6.61 Å². The van der Waals surface area contributed by atoms with Gasteiger partial charge in [0.25, 0.3) is 0 Å². The number of aryl methyl sites for hydroxylation is 1. The molecule has 1 aromatic carbocycles. The molecule has 0 aliphatic rings. The van der Waals surface area contributed by atoms with E-state index >= 15 is 0 Å². The van der Waals surface area contributed by atoms with E-state index in [1.165, 1.54) is 0 Å². The summed E-state index contributed by atoms with van der Waals surface area (Å²) in [5.41, 5.74) is 2.58. The summed E-state index contributed by atoms with van der Waals surface area (Å²) in [7, 11) is -1.07. The van der Waals surface area contributed by atoms with Gasteiger partial charge >= 0.3 is 0 Å². The molecular weight excluding hydrogens is 266 g/mol. The van der Waals surface area contributed by atoms with Gasteiger partial charge < -0.3 is 4.74 Å². The molecule has 0 aliphatic carbocycles. The molecule has 0 bridgehead atoms. The largest absolute Gasteiger partial charge is 0.360 e. The molecule has 0 saturated carbocycles. The molecule has 4 nitrogen and oxygen atoms in total. The van der Waals surface area contributed by atoms with Crippen LogP contribution in [0.5, 0.6) is 0 Å². The second-order valence-corrected chi connectivity index (χ2v) is 11.9. The highest BCUT2D eigenvalue weighted by atomic mass is 28.3. The Bertz CT molecular complexity index is 649. The minimum absolute atomic E-state index is 0.410. The number of para-hydroxylation sites is 1. The van der Waals surface area contributed by atoms with Crippen LogP contribution in [0.1, 0.15) is 11.3 Å². The molecule has 0 fully saturated rings. The first-order valence-electron chi connectivity index (χ1n) is 6.86. The average molecular weight is 287 g/mol. The second-order valence-electron chi connectivity index (χ2n) is 6.28. The summed E-state index contributed by atoms with van der Waals surface area (Å²) < 4.78 is 7.54. The van der Waals surface area contributed by atoms with Crippen molar-refractivity contribution in [3.8, 4) is 6.07 Å². The van der Waals surface area contributed by atoms with Crippen molar-refractivity contribution in [1.82, 2.24) is 9.78 Å². The first-order valence-corrected chi connectivity index (χ1v) is 10.6. The van der Waals surface area contributed by atoms with Crippen molar-refractivity contribution in [3.63, 3.8) is 0 Å². The maximum Gasteiger partial charge on any atom is 0.170 e. The highest BCUT2D eigenvalue weighted by Crippen LogP contribution is 2.21. The summed E-state index contributed by atoms with van der Waals surface area (Å²) >= 11 is 0. The van der Waals surface area contributed by atoms with E-state index in [9.17, 15) is 0 Å². The maximum absolute atomic E-state index is 9.16. The molecule has 2 aromatic rings. The van der Waals surface area contributed by atoms with Crippen molar-refractivity contribution in [2.24, 2.45) is 0 Å². The van der Waals surface area contributed by atoms with E-state index in [1.54, 1.807) is 4.68 Å². The van der Waals surface area contributed by atoms with E-state index < -0.39 is 8.07 Å². The monoisotopic (exact) mass is 287 g/mol. The normalized spacial score (nSPS) is 11.8. The van der Waals surface area contributed by atoms with Gasteiger partial charge in [0.2, 0.25) is 0 Å². The van der Waals surface area contributed by atoms with Crippen LogP contribution in [-0.2, 0) is 11.5 Å². The zero-order valence-electron chi connectivity index (χ0n) is 12.6. The number of ether oxygens (including phenoxy) is 1. The van der Waals surface area contributed by atoms with Crippen molar-refractivity contribution in [2.45, 2.75) is 39.3 Å². The van der Waals surface area contributed by atoms with Crippen molar-refractivity contribution >= 4 is 19.0 Å². The molecule has 1 aromatic heterocycles. The van der Waals surface area contributed by atoms with Gasteiger partial charge in [-0.3, -0.25) is 0 Å². The molecule has 0 amide bonds. The lowest BCUT2D eigenvalue weighted by molar-refractivity contribution is 0.0815. The third-order valence-electron chi connectivity index (χ3n) is 3.29. The Labute approximate surface area is 121 Å². The Balaban J connectivity index is 2.17. The van der Waals surface area contributed by atoms with E-state index in [0.29, 0.717) is 12.4 Å². The number of aromatic nitrogens is 2. The molecule has 0 N–H and O–H groups in total. The van der Waals surface area contributed by atoms with E-state index in [0.717, 1.165) is 29.1 Å². The van der Waals surface area contributed by atoms with Gasteiger partial charge in [0, 0.05) is 20.1 Å². The van der Waals surface area contributed by atoms with Gasteiger partial charge in [0.15, 0.2) is 5.69 Å². The summed E-state index contributed by atoms with van der Waals surface area (Å²) in [6, 6.07) is 9.21. The molecule has 20 heavy (non-hydrogen) atoms. The number of benzene rings is 1. The zero-order chi connectivity index (χ0) is 14.8. The number of nitrogens with zero attached hydrogens (tertiary/aromatic N) is 3. The van der Waals surface area contributed by atoms with Crippen LogP contribution in [0.4, 0.5) is 0 Å². The molecule has 2 rings (SSSR count). The van der Waals surface area contributed by atoms with Crippen molar-refractivity contribution < 1.29 is 4.74 Å². The number of nitriles is 1. The van der Waals surface area contributed by atoms with Gasteiger partial charge in [0.1, 0.15) is 12.8 Å². The number of rotatable bonds is 5. The smallest absolute Gasteiger partial charge is 0.170 e. The predicted molar refractivity (Wildman–Crippen MR) is 83.3 cm³/mol. The topological polar surface area (TPSA) is 50.8 Å². The Morgan fingerprint density at radius 2 is 2.10 bits per heavy atom. The van der Waals surface area contributed by atoms with Crippen molar-refractivity contribution in [1.29, 1.82) is 5.26 Å². The molecule has 0 saturated heterocycles. The SMILES string of the molecule is Cc1cccc2c(C#N)nn(COCC[Si](C)(C)C)c12. The molecule has 0 atom stereocenters. The van der Waals surface area contributed by atoms with Crippen LogP contribution in [0.25, 0.3) is 10.9 Å². The van der Waals surface area contributed by atoms with Crippen LogP contribution in [0.15, 0.2) is 18.2 Å². The first kappa shape index (κ1) is 14.8. The fourth-order valence-electron chi connectivity index (χ4n) is 2.12. The van der Waals surface area contributed by atoms with E-state index in [4.69, 9.17) is 10.00 Å². The lowest BCUT2D eigenvalue weighted by atomic mass is 10.1. The minimum atomic E-state index is -1.07. The van der Waals surface area contributed by atoms with Gasteiger partial charge in [-0.05, 0) is 24.6 Å². The van der Waals surface area contributed by atoms with Crippen LogP contribution in [0.3, 0.4) is 0 Å². The number of fused-ring (bicyclic) bond motifs is 1. The van der Waals surface area contributed by atoms with Gasteiger partial charge in [-0.2, -0.15) is 10.4 Å². The Morgan fingerprint density at radius 3 is 2.75 bits per heavy atom. The maximum atomic E-state index is 9.16. The molecule has 1 heterocycles. The van der Waals surface area contributed by atoms with Crippen LogP contribution < -0.4 is 0 Å². The standard InChI is InChI=1S/C15H21N3OSi/c1-12-6-5-7-13-14(10-16)17-18(15(12)13)11-19-8-9-20(2,3)4/h5-7H,8-9,11H2,1-4H3. The predicted octanol–water partition coefficient (Wildman–Crippen LogP) is 3.53. The molecular formula is C15H21N3OSi. The van der Waals surface area contributed by atoms with Gasteiger partial charge in [-0.25, -0.2) is 4.68 Å². The zero-order valence-corrected chi connectivity index (χ0v) is 13.6. The molecule has 0 unspecified atom stereocenters. The highest BCUT2D eigenvalue weighted by Gasteiger charge is 2.14. The van der Waals surface area contributed by atoms with E-state index in [-0.39, 0.29) is 0 Å². The Morgan fingerprint density at radius 1 is 1.35 bits per heavy atom. The summed E-state index contributed by atoms with van der Waals surface area (Å²) in [5.74, 6) is 0. The van der Waals surface area contributed by atoms with Crippen LogP contribution in [-0.4, -0.2) is 24.5 Å². The van der Waals surface area contributed by atoms with Crippen LogP contribution in [0, 0.1) is 18.3 Å². The van der Waals surface area contributed by atoms with E-state index in [1.807, 2.05) is 25.1 Å². The van der Waals surface area contributed by atoms with Gasteiger partial charge in [-0.1, -0.05) is 31.8 Å². The summed E-state index contributed by atoms with van der Waals surface area (Å²) in [4.78, 5) is 0. The molecule has 0 aliphatic heterocycles. The van der Waals surface area contributed by atoms with E-state index in [2.05, 4.69) is 30.8 Å². The van der Waals surface area contributed by atoms with Gasteiger partial charge in [-0.15, -0.1) is 0 Å². The molecule has 106 valence electrons. The molecule has 0 radical (unpaired) electrons. The number of hydrogen-bond donors (Lipinski definition) is 0. The summed E-state index contributed by atoms with van der Waals surface area (Å²) in [6.07, 6.45) is 0. The quantitative estimate of drug-likeness (QED) is 0.624. The number of hydrogen-bond acceptors (Lipinski definition) is 3.